The van der Waals surface area contributed by atoms with E-state index in [1.165, 1.54) is 0 Å². The average molecular weight is 320 g/mol. The van der Waals surface area contributed by atoms with Gasteiger partial charge in [-0.15, -0.1) is 0 Å². The minimum atomic E-state index is -0.258. The van der Waals surface area contributed by atoms with Crippen LogP contribution in [0.4, 0.5) is 0 Å². The summed E-state index contributed by atoms with van der Waals surface area (Å²) in [7, 11) is 0. The van der Waals surface area contributed by atoms with E-state index in [0.29, 0.717) is 38.0 Å². The van der Waals surface area contributed by atoms with Gasteiger partial charge >= 0.3 is 11.9 Å². The van der Waals surface area contributed by atoms with Gasteiger partial charge in [-0.05, 0) is 56.4 Å². The number of benzene rings is 1. The molecule has 0 aliphatic heterocycles. The SMILES string of the molecule is CCCCCOC(=O)CCCCC(=O)Oc1cc(C)cc(C)c1. The van der Waals surface area contributed by atoms with Gasteiger partial charge in [0.05, 0.1) is 6.61 Å². The summed E-state index contributed by atoms with van der Waals surface area (Å²) in [5, 5.41) is 0. The number of esters is 2. The summed E-state index contributed by atoms with van der Waals surface area (Å²) >= 11 is 0. The second-order valence-corrected chi connectivity index (χ2v) is 5.93. The first-order valence-corrected chi connectivity index (χ1v) is 8.46. The molecule has 0 aliphatic carbocycles. The van der Waals surface area contributed by atoms with Gasteiger partial charge in [-0.2, -0.15) is 0 Å². The molecule has 0 saturated carbocycles. The summed E-state index contributed by atoms with van der Waals surface area (Å²) in [5.74, 6) is 0.151. The van der Waals surface area contributed by atoms with Gasteiger partial charge in [-0.3, -0.25) is 9.59 Å². The first-order chi connectivity index (χ1) is 11.0. The van der Waals surface area contributed by atoms with Crippen molar-refractivity contribution in [3.8, 4) is 5.75 Å². The maximum atomic E-state index is 11.8. The van der Waals surface area contributed by atoms with E-state index < -0.39 is 0 Å². The molecular formula is C19H28O4. The lowest BCUT2D eigenvalue weighted by Crippen LogP contribution is -2.09. The fourth-order valence-electron chi connectivity index (χ4n) is 2.32. The standard InChI is InChI=1S/C19H28O4/c1-4-5-8-11-22-18(20)9-6-7-10-19(21)23-17-13-15(2)12-16(3)14-17/h12-14H,4-11H2,1-3H3. The summed E-state index contributed by atoms with van der Waals surface area (Å²) in [6.07, 6.45) is 5.07. The molecule has 1 rings (SSSR count). The van der Waals surface area contributed by atoms with Crippen LogP contribution in [0.3, 0.4) is 0 Å². The van der Waals surface area contributed by atoms with Gasteiger partial charge in [0.25, 0.3) is 0 Å². The number of hydrogen-bond acceptors (Lipinski definition) is 4. The van der Waals surface area contributed by atoms with Crippen molar-refractivity contribution in [3.05, 3.63) is 29.3 Å². The maximum absolute atomic E-state index is 11.8. The van der Waals surface area contributed by atoms with Crippen molar-refractivity contribution < 1.29 is 19.1 Å². The summed E-state index contributed by atoms with van der Waals surface area (Å²) < 4.78 is 10.4. The van der Waals surface area contributed by atoms with Crippen LogP contribution in [-0.4, -0.2) is 18.5 Å². The number of hydrogen-bond donors (Lipinski definition) is 0. The van der Waals surface area contributed by atoms with Crippen molar-refractivity contribution in [1.29, 1.82) is 0 Å². The zero-order valence-corrected chi connectivity index (χ0v) is 14.5. The monoisotopic (exact) mass is 320 g/mol. The Kier molecular flexibility index (Phi) is 9.03. The molecule has 4 nitrogen and oxygen atoms in total. The van der Waals surface area contributed by atoms with E-state index in [2.05, 4.69) is 6.92 Å². The van der Waals surface area contributed by atoms with Crippen LogP contribution in [0.1, 0.15) is 63.0 Å². The van der Waals surface area contributed by atoms with Crippen molar-refractivity contribution in [2.24, 2.45) is 0 Å². The molecule has 0 radical (unpaired) electrons. The number of aryl methyl sites for hydroxylation is 2. The summed E-state index contributed by atoms with van der Waals surface area (Å²) in [6, 6.07) is 5.72. The van der Waals surface area contributed by atoms with Gasteiger partial charge in [0.15, 0.2) is 0 Å². The molecule has 23 heavy (non-hydrogen) atoms. The summed E-state index contributed by atoms with van der Waals surface area (Å²) in [5.41, 5.74) is 2.14. The smallest absolute Gasteiger partial charge is 0.311 e. The molecule has 0 aromatic heterocycles. The van der Waals surface area contributed by atoms with Crippen LogP contribution in [0.5, 0.6) is 5.75 Å². The molecule has 0 atom stereocenters. The number of ether oxygens (including phenoxy) is 2. The Labute approximate surface area is 139 Å². The Morgan fingerprint density at radius 3 is 2.09 bits per heavy atom. The zero-order valence-electron chi connectivity index (χ0n) is 14.5. The maximum Gasteiger partial charge on any atom is 0.311 e. The van der Waals surface area contributed by atoms with Crippen LogP contribution in [0, 0.1) is 13.8 Å². The van der Waals surface area contributed by atoms with Crippen molar-refractivity contribution in [1.82, 2.24) is 0 Å². The van der Waals surface area contributed by atoms with Crippen molar-refractivity contribution >= 4 is 11.9 Å². The van der Waals surface area contributed by atoms with Gasteiger partial charge in [0, 0.05) is 12.8 Å². The Balaban J connectivity index is 2.15. The lowest BCUT2D eigenvalue weighted by atomic mass is 10.1. The lowest BCUT2D eigenvalue weighted by molar-refractivity contribution is -0.144. The van der Waals surface area contributed by atoms with E-state index in [9.17, 15) is 9.59 Å². The lowest BCUT2D eigenvalue weighted by Gasteiger charge is -2.07. The van der Waals surface area contributed by atoms with Crippen LogP contribution in [-0.2, 0) is 14.3 Å². The third-order valence-corrected chi connectivity index (χ3v) is 3.45. The highest BCUT2D eigenvalue weighted by Crippen LogP contribution is 2.17. The molecule has 0 aliphatic rings. The average Bonchev–Trinajstić information content (AvgIpc) is 2.47. The van der Waals surface area contributed by atoms with Crippen molar-refractivity contribution in [2.75, 3.05) is 6.61 Å². The first kappa shape index (κ1) is 19.2. The largest absolute Gasteiger partial charge is 0.466 e. The molecule has 0 heterocycles. The van der Waals surface area contributed by atoms with Crippen LogP contribution in [0.15, 0.2) is 18.2 Å². The van der Waals surface area contributed by atoms with Gasteiger partial charge in [0.2, 0.25) is 0 Å². The van der Waals surface area contributed by atoms with E-state index in [4.69, 9.17) is 9.47 Å². The van der Waals surface area contributed by atoms with Gasteiger partial charge in [-0.25, -0.2) is 0 Å². The highest BCUT2D eigenvalue weighted by atomic mass is 16.5. The van der Waals surface area contributed by atoms with Crippen LogP contribution in [0.2, 0.25) is 0 Å². The third-order valence-electron chi connectivity index (χ3n) is 3.45. The highest BCUT2D eigenvalue weighted by molar-refractivity contribution is 5.72. The quantitative estimate of drug-likeness (QED) is 0.362. The minimum absolute atomic E-state index is 0.177. The van der Waals surface area contributed by atoms with Crippen molar-refractivity contribution in [3.63, 3.8) is 0 Å². The normalized spacial score (nSPS) is 10.4. The van der Waals surface area contributed by atoms with E-state index in [1.807, 2.05) is 32.0 Å². The van der Waals surface area contributed by atoms with Gasteiger partial charge in [0.1, 0.15) is 5.75 Å². The fraction of sp³-hybridized carbons (Fsp3) is 0.579. The third kappa shape index (κ3) is 9.01. The van der Waals surface area contributed by atoms with E-state index in [0.717, 1.165) is 30.4 Å². The van der Waals surface area contributed by atoms with Crippen LogP contribution in [0.25, 0.3) is 0 Å². The molecule has 0 saturated heterocycles. The Morgan fingerprint density at radius 1 is 0.870 bits per heavy atom. The Hall–Kier alpha value is -1.84. The zero-order chi connectivity index (χ0) is 17.1. The molecule has 128 valence electrons. The minimum Gasteiger partial charge on any atom is -0.466 e. The molecule has 1 aromatic rings. The predicted molar refractivity (Wildman–Crippen MR) is 90.5 cm³/mol. The molecular weight excluding hydrogens is 292 g/mol. The number of rotatable bonds is 10. The molecule has 0 spiro atoms. The highest BCUT2D eigenvalue weighted by Gasteiger charge is 2.08. The molecule has 0 amide bonds. The predicted octanol–water partition coefficient (Wildman–Crippen LogP) is 4.50. The molecule has 0 N–H and O–H groups in total. The number of carbonyl (C=O) groups is 2. The second-order valence-electron chi connectivity index (χ2n) is 5.93. The Morgan fingerprint density at radius 2 is 1.48 bits per heavy atom. The topological polar surface area (TPSA) is 52.6 Å². The molecule has 0 bridgehead atoms. The van der Waals surface area contributed by atoms with Crippen molar-refractivity contribution in [2.45, 2.75) is 65.7 Å². The number of carbonyl (C=O) groups excluding carboxylic acids is 2. The van der Waals surface area contributed by atoms with E-state index in [-0.39, 0.29) is 11.9 Å². The molecule has 0 fully saturated rings. The molecule has 1 aromatic carbocycles. The van der Waals surface area contributed by atoms with Crippen LogP contribution >= 0.6 is 0 Å². The Bertz CT molecular complexity index is 488. The van der Waals surface area contributed by atoms with E-state index in [1.54, 1.807) is 0 Å². The fourth-order valence-corrected chi connectivity index (χ4v) is 2.32. The number of unbranched alkanes of at least 4 members (excludes halogenated alkanes) is 3. The summed E-state index contributed by atoms with van der Waals surface area (Å²) in [4.78, 5) is 23.3. The first-order valence-electron chi connectivity index (χ1n) is 8.46. The van der Waals surface area contributed by atoms with Crippen LogP contribution < -0.4 is 4.74 Å². The van der Waals surface area contributed by atoms with Gasteiger partial charge < -0.3 is 9.47 Å². The molecule has 4 heteroatoms. The van der Waals surface area contributed by atoms with Gasteiger partial charge in [-0.1, -0.05) is 25.8 Å². The summed E-state index contributed by atoms with van der Waals surface area (Å²) in [6.45, 7) is 6.55. The molecule has 0 unspecified atom stereocenters. The second kappa shape index (κ2) is 10.8. The van der Waals surface area contributed by atoms with E-state index >= 15 is 0 Å².